The molecule has 0 radical (unpaired) electrons. The summed E-state index contributed by atoms with van der Waals surface area (Å²) in [7, 11) is 0. The molecule has 0 bridgehead atoms. The van der Waals surface area contributed by atoms with Crippen molar-refractivity contribution < 1.29 is 4.42 Å². The molecule has 0 saturated heterocycles. The maximum atomic E-state index is 9.40. The number of para-hydroxylation sites is 3. The van der Waals surface area contributed by atoms with Gasteiger partial charge in [-0.15, -0.1) is 34.0 Å². The van der Waals surface area contributed by atoms with Crippen molar-refractivity contribution in [3.63, 3.8) is 0 Å². The SMILES string of the molecule is CC1(C)c2cc(-c3ccc(C#N)cc3)ccc2-c2nc(-n3c4ccccc4c4cc5ccccc5cc43)nc(-c3ccc4c(c3)sc3ccccc34)c21.[C-]#[N+]c1cccc(-c2nc3oc4ccc(-c5ccccc5)cc4c3nc2-n2c3ccccc3c3cc4ccccc4cc32)c1.c1ccc(-c2ccc3sc4c(-c5ccc6c(c5)sc5ccccc56)nc(-n5c6ccccc6c6cc7ccccc7cc65)nc4c3c2)cc1. The van der Waals surface area contributed by atoms with E-state index in [9.17, 15) is 5.26 Å². The summed E-state index contributed by atoms with van der Waals surface area (Å²) < 4.78 is 20.5. The number of furan rings is 1. The van der Waals surface area contributed by atoms with E-state index in [0.717, 1.165) is 143 Å². The van der Waals surface area contributed by atoms with E-state index in [4.69, 9.17) is 40.9 Å². The molecule has 15 heteroatoms. The first kappa shape index (κ1) is 84.2. The number of benzene rings is 20. The fourth-order valence-electron chi connectivity index (χ4n) is 22.4. The van der Waals surface area contributed by atoms with Crippen LogP contribution >= 0.6 is 34.0 Å². The van der Waals surface area contributed by atoms with Crippen LogP contribution in [-0.4, -0.2) is 43.6 Å². The number of hydrogen-bond donors (Lipinski definition) is 0. The summed E-state index contributed by atoms with van der Waals surface area (Å²) in [6, 6.07) is 154. The number of nitriles is 1. The average molecular weight is 1920 g/mol. The van der Waals surface area contributed by atoms with Gasteiger partial charge in [0.25, 0.3) is 0 Å². The Labute approximate surface area is 847 Å². The van der Waals surface area contributed by atoms with E-state index in [1.54, 1.807) is 17.4 Å². The second-order valence-corrected chi connectivity index (χ2v) is 41.3. The molecule has 0 N–H and O–H groups in total. The molecule has 0 amide bonds. The van der Waals surface area contributed by atoms with E-state index in [1.165, 1.54) is 110 Å². The second-order valence-electron chi connectivity index (χ2n) is 38.1. The van der Waals surface area contributed by atoms with Gasteiger partial charge in [-0.2, -0.15) is 5.26 Å². The van der Waals surface area contributed by atoms with Crippen molar-refractivity contribution in [2.45, 2.75) is 19.3 Å². The molecule has 31 rings (SSSR count). The Kier molecular flexibility index (Phi) is 19.1. The molecular weight excluding hydrogens is 1840 g/mol. The molecule has 146 heavy (non-hydrogen) atoms. The second kappa shape index (κ2) is 33.2. The number of hydrogen-bond acceptors (Lipinski definition) is 11. The van der Waals surface area contributed by atoms with E-state index in [1.807, 2.05) is 89.4 Å². The van der Waals surface area contributed by atoms with Gasteiger partial charge in [0.05, 0.1) is 78.6 Å². The monoisotopic (exact) mass is 1920 g/mol. The molecular formula is C131H77N11OS3. The van der Waals surface area contributed by atoms with Crippen molar-refractivity contribution in [1.82, 2.24) is 43.6 Å². The summed E-state index contributed by atoms with van der Waals surface area (Å²) in [5, 5.41) is 30.8. The predicted molar refractivity (Wildman–Crippen MR) is 609 cm³/mol. The van der Waals surface area contributed by atoms with Crippen LogP contribution < -0.4 is 0 Å². The maximum Gasteiger partial charge on any atom is 0.247 e. The third kappa shape index (κ3) is 13.5. The van der Waals surface area contributed by atoms with Crippen LogP contribution in [0.2, 0.25) is 0 Å². The van der Waals surface area contributed by atoms with Crippen LogP contribution in [0.15, 0.2) is 435 Å². The predicted octanol–water partition coefficient (Wildman–Crippen LogP) is 35.9. The highest BCUT2D eigenvalue weighted by molar-refractivity contribution is 7.27. The number of rotatable bonds is 9. The van der Waals surface area contributed by atoms with Crippen molar-refractivity contribution in [2.24, 2.45) is 0 Å². The van der Waals surface area contributed by atoms with Crippen LogP contribution in [0.3, 0.4) is 0 Å². The van der Waals surface area contributed by atoms with Gasteiger partial charge in [-0.1, -0.05) is 317 Å². The first-order valence-electron chi connectivity index (χ1n) is 48.7. The Balaban J connectivity index is 0.000000104. The Hall–Kier alpha value is -18.7. The molecule has 1 aliphatic carbocycles. The van der Waals surface area contributed by atoms with Crippen molar-refractivity contribution in [3.05, 3.63) is 459 Å². The molecule has 0 saturated carbocycles. The molecule has 12 nitrogen and oxygen atoms in total. The summed E-state index contributed by atoms with van der Waals surface area (Å²) >= 11 is 5.45. The molecule has 1 aliphatic rings. The first-order chi connectivity index (χ1) is 72.0. The lowest BCUT2D eigenvalue weighted by molar-refractivity contribution is 0.653. The average Bonchev–Trinajstić information content (AvgIpc) is 1.54. The smallest absolute Gasteiger partial charge is 0.247 e. The summed E-state index contributed by atoms with van der Waals surface area (Å²) in [6.07, 6.45) is 0. The number of thiophene rings is 3. The molecule has 680 valence electrons. The Morgan fingerprint density at radius 1 is 0.288 bits per heavy atom. The van der Waals surface area contributed by atoms with Crippen molar-refractivity contribution in [1.29, 1.82) is 5.26 Å². The van der Waals surface area contributed by atoms with Gasteiger partial charge in [0.2, 0.25) is 17.6 Å². The third-order valence-corrected chi connectivity index (χ3v) is 32.8. The van der Waals surface area contributed by atoms with Crippen LogP contribution in [0.25, 0.3) is 282 Å². The fraction of sp³-hybridized carbons (Fsp3) is 0.0229. The summed E-state index contributed by atoms with van der Waals surface area (Å²) in [6.45, 7) is 12.3. The summed E-state index contributed by atoms with van der Waals surface area (Å²) in [4.78, 5) is 36.3. The van der Waals surface area contributed by atoms with Gasteiger partial charge in [-0.25, -0.2) is 34.7 Å². The topological polar surface area (TPSA) is 133 Å². The lowest BCUT2D eigenvalue weighted by Gasteiger charge is -2.24. The van der Waals surface area contributed by atoms with Gasteiger partial charge < -0.3 is 4.42 Å². The summed E-state index contributed by atoms with van der Waals surface area (Å²) in [5.41, 5.74) is 27.0. The molecule has 10 aromatic heterocycles. The van der Waals surface area contributed by atoms with Gasteiger partial charge in [0.1, 0.15) is 16.8 Å². The minimum absolute atomic E-state index is 0.382. The zero-order valence-corrected chi connectivity index (χ0v) is 81.0. The standard InChI is InChI=1S/C48H30N4S.C44H25N3S2.C39H22N4O/c1-48(2)39-24-32(29-17-15-28(27-49)16-18-29)19-22-37(39)46-44(48)45(33-20-21-36-35-12-6-8-14-42(35)53-43(36)26-33)50-47(51-46)52-40-13-7-5-11-34(40)38-23-30-9-3-4-10-31(30)25-41(38)52;1-2-10-26(11-3-1)29-19-21-39-35(23-29)42-43(49-39)41(30-18-20-33-32-15-7-9-17-38(32)48-40(33)25-30)45-44(46-42)47-36-16-8-6-14-31(36)34-22-27-12-4-5-13-28(27)24-37(34)47;1-40-29-15-9-14-28(20-29)36-38(41-37-32-22-27(24-10-3-2-4-11-24)18-19-35(32)44-39(37)42-36)43-33-17-8-7-16-30(33)31-21-25-12-5-6-13-26(25)23-34(31)43/h3-26H,1-2H3;1-25H;2-23H. The highest BCUT2D eigenvalue weighted by Gasteiger charge is 2.41. The van der Waals surface area contributed by atoms with E-state index in [2.05, 4.69) is 396 Å². The minimum atomic E-state index is -0.382. The highest BCUT2D eigenvalue weighted by Crippen LogP contribution is 2.55. The van der Waals surface area contributed by atoms with Crippen LogP contribution in [0.4, 0.5) is 5.69 Å². The first-order valence-corrected chi connectivity index (χ1v) is 51.2. The van der Waals surface area contributed by atoms with E-state index >= 15 is 0 Å². The molecule has 0 atom stereocenters. The van der Waals surface area contributed by atoms with Crippen molar-refractivity contribution in [3.8, 4) is 102 Å². The summed E-state index contributed by atoms with van der Waals surface area (Å²) in [5.74, 6) is 2.04. The quantitative estimate of drug-likeness (QED) is 0.130. The van der Waals surface area contributed by atoms with Crippen LogP contribution in [-0.2, 0) is 5.41 Å². The van der Waals surface area contributed by atoms with E-state index < -0.39 is 0 Å². The van der Waals surface area contributed by atoms with Gasteiger partial charge in [-0.05, 0) is 204 Å². The molecule has 20 aromatic carbocycles. The molecule has 0 aliphatic heterocycles. The highest BCUT2D eigenvalue weighted by atomic mass is 32.1. The van der Waals surface area contributed by atoms with Gasteiger partial charge in [0, 0.05) is 116 Å². The normalized spacial score (nSPS) is 12.4. The Morgan fingerprint density at radius 2 is 0.712 bits per heavy atom. The fourth-order valence-corrected chi connectivity index (χ4v) is 25.8. The number of nitrogens with zero attached hydrogens (tertiary/aromatic N) is 11. The van der Waals surface area contributed by atoms with Gasteiger partial charge in [0.15, 0.2) is 11.5 Å². The molecule has 10 heterocycles. The number of fused-ring (bicyclic) bond motifs is 27. The van der Waals surface area contributed by atoms with E-state index in [0.29, 0.717) is 45.9 Å². The van der Waals surface area contributed by atoms with Crippen LogP contribution in [0, 0.1) is 17.9 Å². The zero-order valence-electron chi connectivity index (χ0n) is 78.5. The largest absolute Gasteiger partial charge is 0.436 e. The number of aromatic nitrogens is 9. The molecule has 30 aromatic rings. The van der Waals surface area contributed by atoms with E-state index in [-0.39, 0.29) is 5.41 Å². The van der Waals surface area contributed by atoms with Gasteiger partial charge in [-0.3, -0.25) is 13.7 Å². The Morgan fingerprint density at radius 3 is 1.28 bits per heavy atom. The molecule has 0 spiro atoms. The van der Waals surface area contributed by atoms with Crippen molar-refractivity contribution >= 4 is 220 Å². The lowest BCUT2D eigenvalue weighted by Crippen LogP contribution is -2.18. The van der Waals surface area contributed by atoms with Crippen LogP contribution in [0.1, 0.15) is 30.5 Å². The zero-order chi connectivity index (χ0) is 96.7. The van der Waals surface area contributed by atoms with Crippen LogP contribution in [0.5, 0.6) is 0 Å². The lowest BCUT2D eigenvalue weighted by atomic mass is 9.80. The Bertz CT molecular complexity index is 10900. The van der Waals surface area contributed by atoms with Crippen molar-refractivity contribution in [2.75, 3.05) is 0 Å². The minimum Gasteiger partial charge on any atom is -0.436 e. The molecule has 0 fully saturated rings. The molecule has 0 unspecified atom stereocenters. The maximum absolute atomic E-state index is 9.40. The van der Waals surface area contributed by atoms with Gasteiger partial charge >= 0.3 is 0 Å². The third-order valence-electron chi connectivity index (χ3n) is 29.4.